The number of hydrogen-bond acceptors (Lipinski definition) is 6. The largest absolute Gasteiger partial charge is 0.381 e. The number of nitrogens with zero attached hydrogens (tertiary/aromatic N) is 4. The molecule has 1 fully saturated rings. The third-order valence-electron chi connectivity index (χ3n) is 6.41. The number of ether oxygens (including phenoxy) is 1. The van der Waals surface area contributed by atoms with E-state index >= 15 is 0 Å². The van der Waals surface area contributed by atoms with Gasteiger partial charge >= 0.3 is 0 Å². The topological polar surface area (TPSA) is 109 Å². The van der Waals surface area contributed by atoms with Crippen LogP contribution in [0.25, 0.3) is 27.7 Å². The summed E-state index contributed by atoms with van der Waals surface area (Å²) >= 11 is 0. The van der Waals surface area contributed by atoms with Gasteiger partial charge in [-0.3, -0.25) is 4.79 Å². The molecule has 0 aromatic carbocycles. The maximum Gasteiger partial charge on any atom is 0.262 e. The molecule has 0 radical (unpaired) electrons. The molecule has 5 rings (SSSR count). The van der Waals surface area contributed by atoms with Crippen molar-refractivity contribution >= 4 is 28.4 Å². The highest BCUT2D eigenvalue weighted by Gasteiger charge is 2.24. The second-order valence-corrected chi connectivity index (χ2v) is 9.07. The number of anilines is 1. The maximum atomic E-state index is 13.1. The highest BCUT2D eigenvalue weighted by molar-refractivity contribution is 6.02. The monoisotopic (exact) mass is 483 g/mol. The Morgan fingerprint density at radius 1 is 1.29 bits per heavy atom. The van der Waals surface area contributed by atoms with Crippen molar-refractivity contribution in [2.45, 2.75) is 50.7 Å². The molecule has 1 aliphatic carbocycles. The molecule has 1 amide bonds. The summed E-state index contributed by atoms with van der Waals surface area (Å²) in [5.74, 6) is -2.89. The van der Waals surface area contributed by atoms with Crippen LogP contribution in [0.4, 0.5) is 14.7 Å². The Labute approximate surface area is 200 Å². The fourth-order valence-electron chi connectivity index (χ4n) is 4.49. The Kier molecular flexibility index (Phi) is 6.10. The van der Waals surface area contributed by atoms with Gasteiger partial charge < -0.3 is 20.4 Å². The summed E-state index contributed by atoms with van der Waals surface area (Å²) < 4.78 is 33.3. The zero-order chi connectivity index (χ0) is 24.6. The summed E-state index contributed by atoms with van der Waals surface area (Å²) in [7, 11) is 1.73. The highest BCUT2D eigenvalue weighted by atomic mass is 19.3. The van der Waals surface area contributed by atoms with Gasteiger partial charge in [0.1, 0.15) is 5.65 Å². The van der Waals surface area contributed by atoms with E-state index < -0.39 is 12.5 Å². The zero-order valence-electron chi connectivity index (χ0n) is 19.5. The van der Waals surface area contributed by atoms with Crippen LogP contribution in [0, 0.1) is 0 Å². The average Bonchev–Trinajstić information content (AvgIpc) is 3.46. The van der Waals surface area contributed by atoms with E-state index in [0.717, 1.165) is 49.1 Å². The predicted octanol–water partition coefficient (Wildman–Crippen LogP) is 4.03. The molecule has 0 bridgehead atoms. The van der Waals surface area contributed by atoms with Gasteiger partial charge in [-0.2, -0.15) is 10.1 Å². The fourth-order valence-corrected chi connectivity index (χ4v) is 4.49. The molecule has 0 atom stereocenters. The van der Waals surface area contributed by atoms with E-state index in [-0.39, 0.29) is 24.0 Å². The second kappa shape index (κ2) is 9.21. The molecule has 3 N–H and O–H groups in total. The number of nitrogens with one attached hydrogen (secondary N) is 3. The van der Waals surface area contributed by atoms with Crippen LogP contribution in [0.3, 0.4) is 0 Å². The van der Waals surface area contributed by atoms with Gasteiger partial charge in [0.2, 0.25) is 5.95 Å². The molecular formula is C24H27F2N7O2. The summed E-state index contributed by atoms with van der Waals surface area (Å²) in [4.78, 5) is 24.6. The van der Waals surface area contributed by atoms with Gasteiger partial charge in [0.05, 0.1) is 29.9 Å². The molecule has 1 saturated carbocycles. The van der Waals surface area contributed by atoms with Crippen molar-refractivity contribution in [3.63, 3.8) is 0 Å². The Bertz CT molecular complexity index is 1350. The van der Waals surface area contributed by atoms with Gasteiger partial charge in [-0.25, -0.2) is 18.3 Å². The van der Waals surface area contributed by atoms with Crippen molar-refractivity contribution in [3.05, 3.63) is 42.5 Å². The van der Waals surface area contributed by atoms with Crippen molar-refractivity contribution in [3.8, 4) is 11.1 Å². The molecule has 0 aliphatic heterocycles. The maximum absolute atomic E-state index is 13.1. The van der Waals surface area contributed by atoms with Crippen LogP contribution >= 0.6 is 0 Å². The first-order valence-corrected chi connectivity index (χ1v) is 11.6. The number of aromatic nitrogens is 5. The number of alkyl halides is 2. The van der Waals surface area contributed by atoms with Crippen LogP contribution in [0.2, 0.25) is 0 Å². The van der Waals surface area contributed by atoms with Crippen molar-refractivity contribution in [1.29, 1.82) is 0 Å². The lowest BCUT2D eigenvalue weighted by molar-refractivity contribution is 0.0366. The van der Waals surface area contributed by atoms with E-state index in [1.54, 1.807) is 36.4 Å². The lowest BCUT2D eigenvalue weighted by Crippen LogP contribution is -2.38. The molecule has 0 spiro atoms. The summed E-state index contributed by atoms with van der Waals surface area (Å²) in [6.45, 7) is 0.279. The number of amides is 1. The Hall–Kier alpha value is -3.60. The Morgan fingerprint density at radius 2 is 2.09 bits per heavy atom. The van der Waals surface area contributed by atoms with Gasteiger partial charge in [0.25, 0.3) is 11.8 Å². The van der Waals surface area contributed by atoms with E-state index in [1.165, 1.54) is 0 Å². The minimum absolute atomic E-state index is 0.119. The minimum Gasteiger partial charge on any atom is -0.381 e. The van der Waals surface area contributed by atoms with Crippen LogP contribution in [-0.4, -0.2) is 62.2 Å². The average molecular weight is 484 g/mol. The Balaban J connectivity index is 1.38. The normalized spacial score (nSPS) is 18.7. The number of hydrogen-bond donors (Lipinski definition) is 3. The molecule has 4 aromatic heterocycles. The molecule has 0 unspecified atom stereocenters. The van der Waals surface area contributed by atoms with Gasteiger partial charge in [-0.1, -0.05) is 0 Å². The predicted molar refractivity (Wildman–Crippen MR) is 128 cm³/mol. The van der Waals surface area contributed by atoms with E-state index in [2.05, 4.69) is 30.7 Å². The van der Waals surface area contributed by atoms with Gasteiger partial charge in [-0.05, 0) is 43.4 Å². The third-order valence-corrected chi connectivity index (χ3v) is 6.41. The smallest absolute Gasteiger partial charge is 0.262 e. The van der Waals surface area contributed by atoms with Gasteiger partial charge in [-0.15, -0.1) is 0 Å². The minimum atomic E-state index is -2.87. The van der Waals surface area contributed by atoms with Crippen LogP contribution in [0.5, 0.6) is 0 Å². The SMILES string of the molecule is CO[C@H]1CC[C@H](NC(=O)c2cnn3ccc(-c4c[nH]c5nc(NCC(C)(F)F)ncc45)cc23)CC1. The Morgan fingerprint density at radius 3 is 2.83 bits per heavy atom. The quantitative estimate of drug-likeness (QED) is 0.366. The standard InChI is InChI=1S/C24H27F2N7O2/c1-24(25,26)13-29-23-28-11-18-17(10-27-21(18)32-23)14-7-8-33-20(9-14)19(12-30-33)22(34)31-15-3-5-16(35-2)6-4-15/h7-12,15-16H,3-6,13H2,1-2H3,(H,31,34)(H2,27,28,29,32)/t15-,16-. The summed E-state index contributed by atoms with van der Waals surface area (Å²) in [6, 6.07) is 3.91. The fraction of sp³-hybridized carbons (Fsp3) is 0.417. The number of halogens is 2. The molecule has 9 nitrogen and oxygen atoms in total. The first-order valence-electron chi connectivity index (χ1n) is 11.6. The molecule has 1 aliphatic rings. The number of carbonyl (C=O) groups excluding carboxylic acids is 1. The van der Waals surface area contributed by atoms with Crippen molar-refractivity contribution in [1.82, 2.24) is 29.9 Å². The van der Waals surface area contributed by atoms with E-state index in [9.17, 15) is 13.6 Å². The van der Waals surface area contributed by atoms with Crippen LogP contribution in [-0.2, 0) is 4.74 Å². The summed E-state index contributed by atoms with van der Waals surface area (Å²) in [5, 5.41) is 10.8. The number of pyridine rings is 1. The first kappa shape index (κ1) is 23.2. The lowest BCUT2D eigenvalue weighted by Gasteiger charge is -2.28. The molecule has 4 heterocycles. The van der Waals surface area contributed by atoms with Crippen molar-refractivity contribution in [2.24, 2.45) is 0 Å². The summed E-state index contributed by atoms with van der Waals surface area (Å²) in [6.07, 6.45) is 10.7. The molecular weight excluding hydrogens is 456 g/mol. The first-order chi connectivity index (χ1) is 16.8. The summed E-state index contributed by atoms with van der Waals surface area (Å²) in [5.41, 5.74) is 3.40. The number of carbonyl (C=O) groups is 1. The number of rotatable bonds is 7. The van der Waals surface area contributed by atoms with E-state index in [1.807, 2.05) is 12.1 Å². The van der Waals surface area contributed by atoms with Crippen molar-refractivity contribution in [2.75, 3.05) is 19.0 Å². The molecule has 4 aromatic rings. The van der Waals surface area contributed by atoms with Crippen molar-refractivity contribution < 1.29 is 18.3 Å². The number of fused-ring (bicyclic) bond motifs is 2. The molecule has 35 heavy (non-hydrogen) atoms. The van der Waals surface area contributed by atoms with Crippen LogP contribution < -0.4 is 10.6 Å². The third kappa shape index (κ3) is 4.95. The van der Waals surface area contributed by atoms with Gasteiger partial charge in [0, 0.05) is 49.6 Å². The van der Waals surface area contributed by atoms with E-state index in [0.29, 0.717) is 16.7 Å². The van der Waals surface area contributed by atoms with Gasteiger partial charge in [0.15, 0.2) is 0 Å². The van der Waals surface area contributed by atoms with Crippen LogP contribution in [0.15, 0.2) is 36.9 Å². The lowest BCUT2D eigenvalue weighted by atomic mass is 9.93. The number of H-pyrrole nitrogens is 1. The second-order valence-electron chi connectivity index (χ2n) is 9.07. The zero-order valence-corrected chi connectivity index (χ0v) is 19.5. The molecule has 11 heteroatoms. The molecule has 0 saturated heterocycles. The highest BCUT2D eigenvalue weighted by Crippen LogP contribution is 2.30. The molecule has 184 valence electrons. The van der Waals surface area contributed by atoms with Crippen LogP contribution in [0.1, 0.15) is 43.0 Å². The number of aromatic amines is 1. The number of methoxy groups -OCH3 is 1. The van der Waals surface area contributed by atoms with E-state index in [4.69, 9.17) is 4.74 Å².